The number of ether oxygens (including phenoxy) is 2. The number of carbonyl (C=O) groups is 1. The van der Waals surface area contributed by atoms with Gasteiger partial charge in [-0.2, -0.15) is 5.10 Å². The van der Waals surface area contributed by atoms with Gasteiger partial charge in [-0.05, 0) is 34.1 Å². The minimum atomic E-state index is -0.610. The second-order valence-electron chi connectivity index (χ2n) is 3.81. The molecule has 3 N–H and O–H groups in total. The van der Waals surface area contributed by atoms with Gasteiger partial charge in [0, 0.05) is 0 Å². The van der Waals surface area contributed by atoms with Crippen molar-refractivity contribution < 1.29 is 18.9 Å². The van der Waals surface area contributed by atoms with Gasteiger partial charge < -0.3 is 15.2 Å². The fraction of sp³-hybridized carbons (Fsp3) is 0.0909. The summed E-state index contributed by atoms with van der Waals surface area (Å²) < 4.78 is 14.7. The molecule has 1 aliphatic rings. The van der Waals surface area contributed by atoms with E-state index < -0.39 is 5.91 Å². The first-order valence-corrected chi connectivity index (χ1v) is 5.55. The predicted molar refractivity (Wildman–Crippen MR) is 66.3 cm³/mol. The summed E-state index contributed by atoms with van der Waals surface area (Å²) in [6.45, 7) is 0.200. The van der Waals surface area contributed by atoms with Crippen molar-refractivity contribution in [1.29, 1.82) is 0 Å². The first-order chi connectivity index (χ1) is 9.74. The fourth-order valence-corrected chi connectivity index (χ4v) is 1.56. The summed E-state index contributed by atoms with van der Waals surface area (Å²) in [6, 6.07) is 5.27. The number of anilines is 1. The molecule has 0 unspecified atom stereocenters. The van der Waals surface area contributed by atoms with Gasteiger partial charge in [-0.15, -0.1) is 0 Å². The van der Waals surface area contributed by atoms with Crippen molar-refractivity contribution in [2.75, 3.05) is 12.5 Å². The van der Waals surface area contributed by atoms with Gasteiger partial charge in [0.1, 0.15) is 0 Å². The van der Waals surface area contributed by atoms with Crippen LogP contribution in [0.3, 0.4) is 0 Å². The van der Waals surface area contributed by atoms with E-state index in [1.165, 1.54) is 6.21 Å². The summed E-state index contributed by atoms with van der Waals surface area (Å²) in [4.78, 5) is 11.6. The van der Waals surface area contributed by atoms with Crippen molar-refractivity contribution in [2.24, 2.45) is 5.10 Å². The number of aromatic nitrogens is 2. The van der Waals surface area contributed by atoms with Gasteiger partial charge in [0.2, 0.25) is 18.3 Å². The molecule has 0 saturated carbocycles. The molecule has 3 rings (SSSR count). The molecule has 1 aliphatic heterocycles. The zero-order valence-corrected chi connectivity index (χ0v) is 10.1. The number of nitrogens with zero attached hydrogens (tertiary/aromatic N) is 3. The van der Waals surface area contributed by atoms with E-state index in [2.05, 4.69) is 25.5 Å². The average molecular weight is 275 g/mol. The van der Waals surface area contributed by atoms with E-state index in [1.807, 2.05) is 0 Å². The third-order valence-corrected chi connectivity index (χ3v) is 2.51. The van der Waals surface area contributed by atoms with Gasteiger partial charge in [0.05, 0.1) is 6.21 Å². The Morgan fingerprint density at radius 3 is 3.00 bits per heavy atom. The molecule has 2 heterocycles. The number of nitrogen functional groups attached to an aromatic ring is 1. The lowest BCUT2D eigenvalue weighted by Gasteiger charge is -1.98. The maximum Gasteiger partial charge on any atom is 0.297 e. The second kappa shape index (κ2) is 4.88. The Labute approximate surface area is 112 Å². The average Bonchev–Trinajstić information content (AvgIpc) is 3.06. The van der Waals surface area contributed by atoms with Gasteiger partial charge in [-0.25, -0.2) is 10.1 Å². The largest absolute Gasteiger partial charge is 0.454 e. The Morgan fingerprint density at radius 2 is 2.20 bits per heavy atom. The number of nitrogens with two attached hydrogens (primary N) is 1. The molecule has 9 nitrogen and oxygen atoms in total. The Kier molecular flexibility index (Phi) is 2.92. The molecule has 0 spiro atoms. The van der Waals surface area contributed by atoms with Crippen LogP contribution in [-0.2, 0) is 0 Å². The van der Waals surface area contributed by atoms with Crippen LogP contribution in [-0.4, -0.2) is 29.2 Å². The van der Waals surface area contributed by atoms with Crippen molar-refractivity contribution in [3.05, 3.63) is 29.5 Å². The van der Waals surface area contributed by atoms with E-state index in [-0.39, 0.29) is 18.3 Å². The molecular formula is C11H9N5O4. The van der Waals surface area contributed by atoms with E-state index in [1.54, 1.807) is 18.2 Å². The van der Waals surface area contributed by atoms with Crippen LogP contribution in [0.1, 0.15) is 16.1 Å². The highest BCUT2D eigenvalue weighted by Crippen LogP contribution is 2.31. The quantitative estimate of drug-likeness (QED) is 0.603. The van der Waals surface area contributed by atoms with E-state index in [0.29, 0.717) is 11.5 Å². The molecule has 0 bridgehead atoms. The standard InChI is InChI=1S/C11H9N5O4/c12-10-9(15-20-16-10)11(17)14-13-4-6-1-2-7-8(3-6)19-5-18-7/h1-4H,5H2,(H2,12,16)(H,14,17)/b13-4-. The summed E-state index contributed by atoms with van der Waals surface area (Å²) >= 11 is 0. The highest BCUT2D eigenvalue weighted by Gasteiger charge is 2.15. The van der Waals surface area contributed by atoms with Crippen LogP contribution in [0, 0.1) is 0 Å². The third kappa shape index (κ3) is 2.23. The summed E-state index contributed by atoms with van der Waals surface area (Å²) in [5, 5.41) is 10.4. The number of benzene rings is 1. The van der Waals surface area contributed by atoms with Gasteiger partial charge in [0.15, 0.2) is 11.5 Å². The first-order valence-electron chi connectivity index (χ1n) is 5.55. The van der Waals surface area contributed by atoms with E-state index >= 15 is 0 Å². The molecule has 102 valence electrons. The molecule has 1 amide bonds. The number of rotatable bonds is 3. The van der Waals surface area contributed by atoms with Crippen LogP contribution in [0.25, 0.3) is 0 Å². The molecule has 0 saturated heterocycles. The SMILES string of the molecule is Nc1nonc1C(=O)N/N=C\c1ccc2c(c1)OCO2. The normalized spacial score (nSPS) is 12.8. The molecule has 0 radical (unpaired) electrons. The molecule has 20 heavy (non-hydrogen) atoms. The van der Waals surface area contributed by atoms with Crippen LogP contribution >= 0.6 is 0 Å². The molecular weight excluding hydrogens is 266 g/mol. The summed E-state index contributed by atoms with van der Waals surface area (Å²) in [5.74, 6) is 0.597. The molecule has 1 aromatic heterocycles. The van der Waals surface area contributed by atoms with Gasteiger partial charge in [0.25, 0.3) is 5.91 Å². The van der Waals surface area contributed by atoms with Crippen molar-refractivity contribution in [3.8, 4) is 11.5 Å². The second-order valence-corrected chi connectivity index (χ2v) is 3.81. The van der Waals surface area contributed by atoms with Crippen LogP contribution in [0.15, 0.2) is 27.9 Å². The Balaban J connectivity index is 1.66. The lowest BCUT2D eigenvalue weighted by atomic mass is 10.2. The van der Waals surface area contributed by atoms with Crippen LogP contribution in [0.2, 0.25) is 0 Å². The number of hydrazone groups is 1. The van der Waals surface area contributed by atoms with Crippen molar-refractivity contribution in [3.63, 3.8) is 0 Å². The van der Waals surface area contributed by atoms with Gasteiger partial charge in [-0.3, -0.25) is 4.79 Å². The topological polar surface area (TPSA) is 125 Å². The van der Waals surface area contributed by atoms with Crippen molar-refractivity contribution in [2.45, 2.75) is 0 Å². The maximum atomic E-state index is 11.6. The zero-order valence-electron chi connectivity index (χ0n) is 10.1. The lowest BCUT2D eigenvalue weighted by Crippen LogP contribution is -2.19. The van der Waals surface area contributed by atoms with Crippen molar-refractivity contribution >= 4 is 17.9 Å². The van der Waals surface area contributed by atoms with E-state index in [4.69, 9.17) is 15.2 Å². The minimum absolute atomic E-state index is 0.0965. The molecule has 1 aromatic carbocycles. The molecule has 9 heteroatoms. The zero-order chi connectivity index (χ0) is 13.9. The first kappa shape index (κ1) is 12.0. The van der Waals surface area contributed by atoms with Crippen molar-refractivity contribution in [1.82, 2.24) is 15.7 Å². The molecule has 2 aromatic rings. The number of nitrogens with one attached hydrogen (secondary N) is 1. The smallest absolute Gasteiger partial charge is 0.297 e. The summed E-state index contributed by atoms with van der Waals surface area (Å²) in [7, 11) is 0. The Morgan fingerprint density at radius 1 is 1.35 bits per heavy atom. The minimum Gasteiger partial charge on any atom is -0.454 e. The summed E-state index contributed by atoms with van der Waals surface area (Å²) in [6.07, 6.45) is 1.45. The number of amides is 1. The third-order valence-electron chi connectivity index (χ3n) is 2.51. The molecule has 0 aliphatic carbocycles. The molecule has 0 atom stereocenters. The maximum absolute atomic E-state index is 11.6. The highest BCUT2D eigenvalue weighted by atomic mass is 16.7. The van der Waals surface area contributed by atoms with Gasteiger partial charge in [-0.1, -0.05) is 0 Å². The number of hydrogen-bond acceptors (Lipinski definition) is 8. The highest BCUT2D eigenvalue weighted by molar-refractivity contribution is 5.96. The van der Waals surface area contributed by atoms with E-state index in [0.717, 1.165) is 5.56 Å². The Bertz CT molecular complexity index is 681. The summed E-state index contributed by atoms with van der Waals surface area (Å²) in [5.41, 5.74) is 8.25. The molecule has 0 fully saturated rings. The number of fused-ring (bicyclic) bond motifs is 1. The monoisotopic (exact) mass is 275 g/mol. The predicted octanol–water partition coefficient (Wildman–Crippen LogP) is 0.144. The Hall–Kier alpha value is -3.10. The van der Waals surface area contributed by atoms with Crippen LogP contribution < -0.4 is 20.6 Å². The van der Waals surface area contributed by atoms with E-state index in [9.17, 15) is 4.79 Å². The fourth-order valence-electron chi connectivity index (χ4n) is 1.56. The lowest BCUT2D eigenvalue weighted by molar-refractivity contribution is 0.0946. The van der Waals surface area contributed by atoms with Crippen LogP contribution in [0.5, 0.6) is 11.5 Å². The number of hydrogen-bond donors (Lipinski definition) is 2. The van der Waals surface area contributed by atoms with Crippen LogP contribution in [0.4, 0.5) is 5.82 Å². The van der Waals surface area contributed by atoms with Gasteiger partial charge >= 0.3 is 0 Å². The number of carbonyl (C=O) groups excluding carboxylic acids is 1.